The van der Waals surface area contributed by atoms with E-state index in [0.717, 1.165) is 61.9 Å². The third kappa shape index (κ3) is 4.73. The van der Waals surface area contributed by atoms with Crippen LogP contribution in [0.15, 0.2) is 4.99 Å². The van der Waals surface area contributed by atoms with Crippen LogP contribution in [0.2, 0.25) is 0 Å². The van der Waals surface area contributed by atoms with Gasteiger partial charge in [-0.25, -0.2) is 0 Å². The standard InChI is InChI=1S/C19H34N6/c1-5-20-19(22-17-9-13(2)8-14(3)10-17)21-11-16-6-7-18-24-23-15(4)25(18)12-16/h13-14,16-17H,5-12H2,1-4H3,(H2,20,21,22). The molecule has 2 aliphatic rings. The van der Waals surface area contributed by atoms with Crippen molar-refractivity contribution in [2.45, 2.75) is 72.4 Å². The lowest BCUT2D eigenvalue weighted by Crippen LogP contribution is -2.46. The molecule has 1 saturated carbocycles. The van der Waals surface area contributed by atoms with Crippen LogP contribution in [0.4, 0.5) is 0 Å². The molecule has 1 aliphatic carbocycles. The Hall–Kier alpha value is -1.59. The second-order valence-corrected chi connectivity index (χ2v) is 8.16. The molecule has 2 heterocycles. The Labute approximate surface area is 151 Å². The maximum absolute atomic E-state index is 4.91. The summed E-state index contributed by atoms with van der Waals surface area (Å²) in [5.41, 5.74) is 0. The Morgan fingerprint density at radius 2 is 1.96 bits per heavy atom. The van der Waals surface area contributed by atoms with Gasteiger partial charge in [-0.15, -0.1) is 10.2 Å². The molecule has 0 amide bonds. The zero-order valence-electron chi connectivity index (χ0n) is 16.3. The number of fused-ring (bicyclic) bond motifs is 1. The highest BCUT2D eigenvalue weighted by atomic mass is 15.3. The molecule has 1 aromatic heterocycles. The van der Waals surface area contributed by atoms with Gasteiger partial charge >= 0.3 is 0 Å². The Balaban J connectivity index is 1.58. The Morgan fingerprint density at radius 3 is 2.68 bits per heavy atom. The van der Waals surface area contributed by atoms with E-state index in [1.807, 2.05) is 6.92 Å². The normalized spacial score (nSPS) is 30.0. The molecule has 2 N–H and O–H groups in total. The lowest BCUT2D eigenvalue weighted by Gasteiger charge is -2.33. The van der Waals surface area contributed by atoms with Gasteiger partial charge in [0.05, 0.1) is 0 Å². The second-order valence-electron chi connectivity index (χ2n) is 8.16. The van der Waals surface area contributed by atoms with Crippen LogP contribution in [-0.4, -0.2) is 39.9 Å². The lowest BCUT2D eigenvalue weighted by molar-refractivity contribution is 0.255. The summed E-state index contributed by atoms with van der Waals surface area (Å²) in [7, 11) is 0. The number of hydrogen-bond donors (Lipinski definition) is 2. The highest BCUT2D eigenvalue weighted by Gasteiger charge is 2.25. The van der Waals surface area contributed by atoms with Crippen molar-refractivity contribution in [1.29, 1.82) is 0 Å². The number of nitrogens with zero attached hydrogens (tertiary/aromatic N) is 4. The fourth-order valence-corrected chi connectivity index (χ4v) is 4.48. The molecule has 6 heteroatoms. The summed E-state index contributed by atoms with van der Waals surface area (Å²) in [6.45, 7) is 11.7. The summed E-state index contributed by atoms with van der Waals surface area (Å²) in [4.78, 5) is 4.91. The van der Waals surface area contributed by atoms with Crippen LogP contribution in [0.5, 0.6) is 0 Å². The maximum Gasteiger partial charge on any atom is 0.191 e. The fourth-order valence-electron chi connectivity index (χ4n) is 4.48. The topological polar surface area (TPSA) is 67.1 Å². The Morgan fingerprint density at radius 1 is 1.20 bits per heavy atom. The molecule has 140 valence electrons. The smallest absolute Gasteiger partial charge is 0.191 e. The van der Waals surface area contributed by atoms with Crippen LogP contribution in [-0.2, 0) is 13.0 Å². The predicted molar refractivity (Wildman–Crippen MR) is 102 cm³/mol. The van der Waals surface area contributed by atoms with Crippen molar-refractivity contribution >= 4 is 5.96 Å². The first-order chi connectivity index (χ1) is 12.0. The number of aromatic nitrogens is 3. The van der Waals surface area contributed by atoms with E-state index in [1.54, 1.807) is 0 Å². The number of rotatable bonds is 4. The average Bonchev–Trinajstić information content (AvgIpc) is 2.93. The van der Waals surface area contributed by atoms with Crippen molar-refractivity contribution in [1.82, 2.24) is 25.4 Å². The molecule has 3 atom stereocenters. The minimum Gasteiger partial charge on any atom is -0.357 e. The van der Waals surface area contributed by atoms with Gasteiger partial charge in [0, 0.05) is 32.1 Å². The minimum absolute atomic E-state index is 0.551. The zero-order valence-corrected chi connectivity index (χ0v) is 16.3. The van der Waals surface area contributed by atoms with E-state index in [9.17, 15) is 0 Å². The van der Waals surface area contributed by atoms with E-state index in [2.05, 4.69) is 46.2 Å². The molecule has 0 aromatic carbocycles. The summed E-state index contributed by atoms with van der Waals surface area (Å²) in [5, 5.41) is 15.6. The third-order valence-corrected chi connectivity index (χ3v) is 5.60. The molecule has 3 unspecified atom stereocenters. The largest absolute Gasteiger partial charge is 0.357 e. The molecule has 6 nitrogen and oxygen atoms in total. The highest BCUT2D eigenvalue weighted by Crippen LogP contribution is 2.28. The quantitative estimate of drug-likeness (QED) is 0.649. The highest BCUT2D eigenvalue weighted by molar-refractivity contribution is 5.80. The van der Waals surface area contributed by atoms with Gasteiger partial charge in [0.25, 0.3) is 0 Å². The number of nitrogens with one attached hydrogen (secondary N) is 2. The SMILES string of the molecule is CCNC(=NCC1CCc2nnc(C)n2C1)NC1CC(C)CC(C)C1. The Kier molecular flexibility index (Phi) is 5.97. The van der Waals surface area contributed by atoms with Crippen molar-refractivity contribution in [2.75, 3.05) is 13.1 Å². The van der Waals surface area contributed by atoms with Gasteiger partial charge < -0.3 is 15.2 Å². The molecule has 25 heavy (non-hydrogen) atoms. The minimum atomic E-state index is 0.551. The van der Waals surface area contributed by atoms with E-state index in [-0.39, 0.29) is 0 Å². The molecule has 1 aromatic rings. The first kappa shape index (κ1) is 18.2. The van der Waals surface area contributed by atoms with Crippen molar-refractivity contribution in [2.24, 2.45) is 22.7 Å². The van der Waals surface area contributed by atoms with Gasteiger partial charge in [-0.1, -0.05) is 13.8 Å². The summed E-state index contributed by atoms with van der Waals surface area (Å²) in [5.74, 6) is 5.32. The van der Waals surface area contributed by atoms with E-state index in [1.165, 1.54) is 19.3 Å². The molecule has 0 saturated heterocycles. The van der Waals surface area contributed by atoms with E-state index in [0.29, 0.717) is 12.0 Å². The average molecular weight is 347 g/mol. The molecular weight excluding hydrogens is 312 g/mol. The van der Waals surface area contributed by atoms with E-state index in [4.69, 9.17) is 4.99 Å². The van der Waals surface area contributed by atoms with Crippen LogP contribution in [0, 0.1) is 24.7 Å². The van der Waals surface area contributed by atoms with Gasteiger partial charge in [0.15, 0.2) is 5.96 Å². The van der Waals surface area contributed by atoms with Crippen LogP contribution in [0.3, 0.4) is 0 Å². The maximum atomic E-state index is 4.91. The first-order valence-corrected chi connectivity index (χ1v) is 9.98. The monoisotopic (exact) mass is 346 g/mol. The lowest BCUT2D eigenvalue weighted by atomic mass is 9.80. The predicted octanol–water partition coefficient (Wildman–Crippen LogP) is 2.53. The van der Waals surface area contributed by atoms with Crippen molar-refractivity contribution in [3.05, 3.63) is 11.6 Å². The van der Waals surface area contributed by atoms with Gasteiger partial charge in [0.1, 0.15) is 11.6 Å². The van der Waals surface area contributed by atoms with Crippen LogP contribution >= 0.6 is 0 Å². The first-order valence-electron chi connectivity index (χ1n) is 9.98. The molecule has 1 fully saturated rings. The molecule has 0 spiro atoms. The van der Waals surface area contributed by atoms with Gasteiger partial charge in [-0.3, -0.25) is 4.99 Å². The molecular formula is C19H34N6. The molecule has 0 bridgehead atoms. The summed E-state index contributed by atoms with van der Waals surface area (Å²) in [6.07, 6.45) is 6.03. The fraction of sp³-hybridized carbons (Fsp3) is 0.842. The summed E-state index contributed by atoms with van der Waals surface area (Å²) < 4.78 is 2.26. The number of guanidine groups is 1. The van der Waals surface area contributed by atoms with Crippen molar-refractivity contribution in [3.63, 3.8) is 0 Å². The van der Waals surface area contributed by atoms with E-state index < -0.39 is 0 Å². The Bertz CT molecular complexity index is 583. The summed E-state index contributed by atoms with van der Waals surface area (Å²) in [6, 6.07) is 0.551. The van der Waals surface area contributed by atoms with Crippen molar-refractivity contribution in [3.8, 4) is 0 Å². The third-order valence-electron chi connectivity index (χ3n) is 5.60. The molecule has 0 radical (unpaired) electrons. The van der Waals surface area contributed by atoms with Gasteiger partial charge in [0.2, 0.25) is 0 Å². The number of aliphatic imine (C=N–C) groups is 1. The zero-order chi connectivity index (χ0) is 17.8. The van der Waals surface area contributed by atoms with E-state index >= 15 is 0 Å². The van der Waals surface area contributed by atoms with Gasteiger partial charge in [-0.2, -0.15) is 0 Å². The van der Waals surface area contributed by atoms with Crippen LogP contribution in [0.1, 0.15) is 58.1 Å². The van der Waals surface area contributed by atoms with Gasteiger partial charge in [-0.05, 0) is 57.3 Å². The summed E-state index contributed by atoms with van der Waals surface area (Å²) >= 11 is 0. The van der Waals surface area contributed by atoms with Crippen molar-refractivity contribution < 1.29 is 0 Å². The number of hydrogen-bond acceptors (Lipinski definition) is 3. The van der Waals surface area contributed by atoms with Crippen LogP contribution < -0.4 is 10.6 Å². The molecule has 3 rings (SSSR count). The second kappa shape index (κ2) is 8.19. The number of aryl methyl sites for hydroxylation is 2. The van der Waals surface area contributed by atoms with Crippen LogP contribution in [0.25, 0.3) is 0 Å². The molecule has 1 aliphatic heterocycles.